The number of ketones is 1. The lowest BCUT2D eigenvalue weighted by Crippen LogP contribution is -2.18. The number of likely N-dealkylation sites (tertiary alicyclic amines) is 1. The quantitative estimate of drug-likeness (QED) is 0.798. The van der Waals surface area contributed by atoms with Crippen LogP contribution in [-0.2, 0) is 6.54 Å². The van der Waals surface area contributed by atoms with Gasteiger partial charge in [-0.05, 0) is 49.7 Å². The highest BCUT2D eigenvalue weighted by atomic mass is 19.1. The Labute approximate surface area is 124 Å². The van der Waals surface area contributed by atoms with Gasteiger partial charge < -0.3 is 0 Å². The van der Waals surface area contributed by atoms with Crippen LogP contribution < -0.4 is 0 Å². The topological polar surface area (TPSA) is 20.3 Å². The predicted octanol–water partition coefficient (Wildman–Crippen LogP) is 3.65. The molecule has 0 unspecified atom stereocenters. The van der Waals surface area contributed by atoms with E-state index < -0.39 is 0 Å². The summed E-state index contributed by atoms with van der Waals surface area (Å²) in [5.41, 5.74) is 2.16. The summed E-state index contributed by atoms with van der Waals surface area (Å²) in [4.78, 5) is 14.8. The van der Waals surface area contributed by atoms with Gasteiger partial charge in [0.05, 0.1) is 0 Å². The number of nitrogens with zero attached hydrogens (tertiary/aromatic N) is 1. The van der Waals surface area contributed by atoms with Crippen LogP contribution >= 0.6 is 0 Å². The molecule has 0 N–H and O–H groups in total. The summed E-state index contributed by atoms with van der Waals surface area (Å²) in [6.07, 6.45) is 2.50. The van der Waals surface area contributed by atoms with Crippen molar-refractivity contribution in [2.75, 3.05) is 13.1 Å². The summed E-state index contributed by atoms with van der Waals surface area (Å²) < 4.78 is 13.2. The Kier molecular flexibility index (Phi) is 4.11. The smallest absolute Gasteiger partial charge is 0.193 e. The summed E-state index contributed by atoms with van der Waals surface area (Å²) in [5.74, 6) is -0.508. The van der Waals surface area contributed by atoms with Crippen molar-refractivity contribution in [3.63, 3.8) is 0 Å². The van der Waals surface area contributed by atoms with E-state index in [1.165, 1.54) is 25.0 Å². The second-order valence-electron chi connectivity index (χ2n) is 5.52. The van der Waals surface area contributed by atoms with Crippen LogP contribution in [0.5, 0.6) is 0 Å². The molecule has 0 bridgehead atoms. The zero-order valence-corrected chi connectivity index (χ0v) is 11.9. The summed E-state index contributed by atoms with van der Waals surface area (Å²) in [5, 5.41) is 0. The number of rotatable bonds is 4. The van der Waals surface area contributed by atoms with Crippen LogP contribution in [0.25, 0.3) is 0 Å². The minimum atomic E-state index is -0.380. The fourth-order valence-electron chi connectivity index (χ4n) is 2.81. The second kappa shape index (κ2) is 6.19. The minimum absolute atomic E-state index is 0.127. The molecule has 0 amide bonds. The van der Waals surface area contributed by atoms with E-state index in [1.807, 2.05) is 18.2 Å². The summed E-state index contributed by atoms with van der Waals surface area (Å²) in [6.45, 7) is 3.13. The van der Waals surface area contributed by atoms with E-state index >= 15 is 0 Å². The molecule has 0 aromatic heterocycles. The fraction of sp³-hybridized carbons (Fsp3) is 0.278. The Morgan fingerprint density at radius 3 is 2.38 bits per heavy atom. The number of hydrogen-bond acceptors (Lipinski definition) is 2. The lowest BCUT2D eigenvalue weighted by atomic mass is 10.0. The zero-order valence-electron chi connectivity index (χ0n) is 11.9. The van der Waals surface area contributed by atoms with E-state index in [-0.39, 0.29) is 11.6 Å². The van der Waals surface area contributed by atoms with Crippen molar-refractivity contribution in [1.82, 2.24) is 4.90 Å². The fourth-order valence-corrected chi connectivity index (χ4v) is 2.81. The molecule has 2 nitrogen and oxygen atoms in total. The number of hydrogen-bond donors (Lipinski definition) is 0. The molecule has 0 saturated carbocycles. The van der Waals surface area contributed by atoms with E-state index in [0.29, 0.717) is 11.1 Å². The first-order valence-corrected chi connectivity index (χ1v) is 7.34. The van der Waals surface area contributed by atoms with Crippen molar-refractivity contribution in [1.29, 1.82) is 0 Å². The van der Waals surface area contributed by atoms with E-state index in [2.05, 4.69) is 4.90 Å². The third-order valence-electron chi connectivity index (χ3n) is 3.88. The lowest BCUT2D eigenvalue weighted by Gasteiger charge is -2.15. The highest BCUT2D eigenvalue weighted by molar-refractivity contribution is 6.09. The van der Waals surface area contributed by atoms with Crippen LogP contribution in [0.1, 0.15) is 34.3 Å². The molecule has 3 rings (SSSR count). The normalized spacial score (nSPS) is 15.3. The molecule has 3 heteroatoms. The molecule has 1 fully saturated rings. The Balaban J connectivity index is 1.80. The van der Waals surface area contributed by atoms with E-state index in [1.54, 1.807) is 18.2 Å². The molecular formula is C18H18FNO. The SMILES string of the molecule is O=C(c1cccc(F)c1)c1cccc(CN2CCCC2)c1. The first-order valence-electron chi connectivity index (χ1n) is 7.34. The maximum absolute atomic E-state index is 13.2. The van der Waals surface area contributed by atoms with Gasteiger partial charge in [0.25, 0.3) is 0 Å². The molecule has 1 heterocycles. The average molecular weight is 283 g/mol. The monoisotopic (exact) mass is 283 g/mol. The maximum Gasteiger partial charge on any atom is 0.193 e. The molecule has 2 aromatic carbocycles. The predicted molar refractivity (Wildman–Crippen MR) is 80.8 cm³/mol. The Morgan fingerprint density at radius 1 is 1.00 bits per heavy atom. The Hall–Kier alpha value is -2.00. The third-order valence-corrected chi connectivity index (χ3v) is 3.88. The highest BCUT2D eigenvalue weighted by Gasteiger charge is 2.14. The molecule has 1 aliphatic rings. The average Bonchev–Trinajstić information content (AvgIpc) is 3.00. The van der Waals surface area contributed by atoms with Crippen molar-refractivity contribution >= 4 is 5.78 Å². The number of benzene rings is 2. The summed E-state index contributed by atoms with van der Waals surface area (Å²) >= 11 is 0. The summed E-state index contributed by atoms with van der Waals surface area (Å²) in [7, 11) is 0. The molecule has 1 saturated heterocycles. The van der Waals surface area contributed by atoms with E-state index in [9.17, 15) is 9.18 Å². The third kappa shape index (κ3) is 3.37. The highest BCUT2D eigenvalue weighted by Crippen LogP contribution is 2.16. The lowest BCUT2D eigenvalue weighted by molar-refractivity contribution is 0.103. The van der Waals surface area contributed by atoms with Gasteiger partial charge in [-0.2, -0.15) is 0 Å². The van der Waals surface area contributed by atoms with Crippen molar-refractivity contribution in [3.05, 3.63) is 71.0 Å². The molecule has 0 aliphatic carbocycles. The number of halogens is 1. The Morgan fingerprint density at radius 2 is 1.67 bits per heavy atom. The van der Waals surface area contributed by atoms with Crippen molar-refractivity contribution in [3.8, 4) is 0 Å². The number of carbonyl (C=O) groups excluding carboxylic acids is 1. The first kappa shape index (κ1) is 14.0. The molecule has 1 aliphatic heterocycles. The first-order chi connectivity index (χ1) is 10.2. The molecular weight excluding hydrogens is 265 g/mol. The molecule has 21 heavy (non-hydrogen) atoms. The largest absolute Gasteiger partial charge is 0.299 e. The van der Waals surface area contributed by atoms with Gasteiger partial charge in [-0.3, -0.25) is 9.69 Å². The van der Waals surface area contributed by atoms with Crippen molar-refractivity contribution < 1.29 is 9.18 Å². The van der Waals surface area contributed by atoms with Crippen molar-refractivity contribution in [2.45, 2.75) is 19.4 Å². The molecule has 0 atom stereocenters. The van der Waals surface area contributed by atoms with Gasteiger partial charge in [0.15, 0.2) is 5.78 Å². The second-order valence-corrected chi connectivity index (χ2v) is 5.52. The van der Waals surface area contributed by atoms with Crippen LogP contribution in [-0.4, -0.2) is 23.8 Å². The van der Waals surface area contributed by atoms with Gasteiger partial charge in [0.1, 0.15) is 5.82 Å². The van der Waals surface area contributed by atoms with Gasteiger partial charge in [-0.15, -0.1) is 0 Å². The molecule has 108 valence electrons. The Bertz CT molecular complexity index is 647. The van der Waals surface area contributed by atoms with Crippen LogP contribution in [0.3, 0.4) is 0 Å². The van der Waals surface area contributed by atoms with Crippen LogP contribution in [0.2, 0.25) is 0 Å². The van der Waals surface area contributed by atoms with Gasteiger partial charge >= 0.3 is 0 Å². The molecule has 0 radical (unpaired) electrons. The molecule has 0 spiro atoms. The van der Waals surface area contributed by atoms with Crippen LogP contribution in [0.4, 0.5) is 4.39 Å². The van der Waals surface area contributed by atoms with Gasteiger partial charge in [0, 0.05) is 17.7 Å². The maximum atomic E-state index is 13.2. The van der Waals surface area contributed by atoms with E-state index in [4.69, 9.17) is 0 Å². The minimum Gasteiger partial charge on any atom is -0.299 e. The van der Waals surface area contributed by atoms with Gasteiger partial charge in [-0.1, -0.05) is 30.3 Å². The standard InChI is InChI=1S/C18H18FNO/c19-17-8-4-7-16(12-17)18(21)15-6-3-5-14(11-15)13-20-9-1-2-10-20/h3-8,11-12H,1-2,9-10,13H2. The van der Waals surface area contributed by atoms with Crippen LogP contribution in [0, 0.1) is 5.82 Å². The number of carbonyl (C=O) groups is 1. The van der Waals surface area contributed by atoms with Gasteiger partial charge in [-0.25, -0.2) is 4.39 Å². The van der Waals surface area contributed by atoms with Crippen LogP contribution in [0.15, 0.2) is 48.5 Å². The zero-order chi connectivity index (χ0) is 14.7. The van der Waals surface area contributed by atoms with E-state index in [0.717, 1.165) is 25.2 Å². The van der Waals surface area contributed by atoms with Gasteiger partial charge in [0.2, 0.25) is 0 Å². The van der Waals surface area contributed by atoms with Crippen molar-refractivity contribution in [2.24, 2.45) is 0 Å². The summed E-state index contributed by atoms with van der Waals surface area (Å²) in [6, 6.07) is 13.5. The molecule has 2 aromatic rings.